The largest absolute Gasteiger partial charge is 0.393 e. The minimum Gasteiger partial charge on any atom is -0.393 e. The lowest BCUT2D eigenvalue weighted by atomic mass is 9.89. The van der Waals surface area contributed by atoms with Gasteiger partial charge in [-0.25, -0.2) is 14.5 Å². The molecule has 1 aliphatic heterocycles. The van der Waals surface area contributed by atoms with Crippen LogP contribution in [-0.4, -0.2) is 135 Å². The van der Waals surface area contributed by atoms with Crippen molar-refractivity contribution >= 4 is 68.3 Å². The molecule has 0 bridgehead atoms. The zero-order chi connectivity index (χ0) is 55.1. The van der Waals surface area contributed by atoms with Crippen molar-refractivity contribution in [1.82, 2.24) is 25.1 Å². The number of benzene rings is 2. The van der Waals surface area contributed by atoms with Crippen LogP contribution in [0.15, 0.2) is 79.3 Å². The highest BCUT2D eigenvalue weighted by Crippen LogP contribution is 2.39. The number of aliphatic hydroxyl groups excluding tert-OH is 1. The van der Waals surface area contributed by atoms with Gasteiger partial charge in [-0.1, -0.05) is 55.2 Å². The van der Waals surface area contributed by atoms with Gasteiger partial charge < -0.3 is 46.3 Å². The van der Waals surface area contributed by atoms with Gasteiger partial charge in [0.05, 0.1) is 89.8 Å². The van der Waals surface area contributed by atoms with Gasteiger partial charge in [0, 0.05) is 55.5 Å². The second kappa shape index (κ2) is 27.6. The van der Waals surface area contributed by atoms with E-state index < -0.39 is 52.1 Å². The third-order valence-corrected chi connectivity index (χ3v) is 14.5. The molecule has 4 aromatic rings. The predicted molar refractivity (Wildman–Crippen MR) is 282 cm³/mol. The minimum atomic E-state index is -4.19. The van der Waals surface area contributed by atoms with Gasteiger partial charge in [0.25, 0.3) is 11.8 Å². The number of aromatic nitrogens is 3. The van der Waals surface area contributed by atoms with Crippen LogP contribution in [-0.2, 0) is 65.6 Å². The van der Waals surface area contributed by atoms with E-state index in [9.17, 15) is 42.3 Å². The first kappa shape index (κ1) is 58.0. The number of aliphatic hydroxyl groups is 1. The number of nitrogens with zero attached hydrogens (tertiary/aromatic N) is 4. The van der Waals surface area contributed by atoms with Crippen LogP contribution in [0.3, 0.4) is 0 Å². The number of ether oxygens (including phenoxy) is 3. The number of imide groups is 1. The van der Waals surface area contributed by atoms with Crippen molar-refractivity contribution in [2.24, 2.45) is 28.6 Å². The number of primary amides is 1. The van der Waals surface area contributed by atoms with Crippen LogP contribution in [0.2, 0.25) is 0 Å². The average molecular weight is 1090 g/mol. The number of aryl methyl sites for hydroxylation is 1. The van der Waals surface area contributed by atoms with Gasteiger partial charge in [0.1, 0.15) is 5.39 Å². The smallest absolute Gasteiger partial charge is 0.333 e. The van der Waals surface area contributed by atoms with Crippen LogP contribution in [0.5, 0.6) is 0 Å². The number of carbonyl (C=O) groups excluding carboxylic acids is 6. The number of anilines is 2. The van der Waals surface area contributed by atoms with E-state index in [2.05, 4.69) is 38.0 Å². The molecule has 3 heterocycles. The molecular formula is C53H71N10O13S+. The van der Waals surface area contributed by atoms with E-state index in [4.69, 9.17) is 34.3 Å². The van der Waals surface area contributed by atoms with Gasteiger partial charge in [0.15, 0.2) is 5.78 Å². The van der Waals surface area contributed by atoms with Crippen molar-refractivity contribution in [2.45, 2.75) is 96.0 Å². The Hall–Kier alpha value is -6.67. The van der Waals surface area contributed by atoms with E-state index in [1.165, 1.54) is 23.3 Å². The Morgan fingerprint density at radius 2 is 1.62 bits per heavy atom. The first-order valence-electron chi connectivity index (χ1n) is 26.0. The Kier molecular flexibility index (Phi) is 20.8. The average Bonchev–Trinajstić information content (AvgIpc) is 4.25. The topological polar surface area (TPSA) is 319 Å². The van der Waals surface area contributed by atoms with Crippen LogP contribution < -0.4 is 36.7 Å². The quantitative estimate of drug-likeness (QED) is 0.0216. The molecule has 6 atom stereocenters. The normalized spacial score (nSPS) is 18.9. The van der Waals surface area contributed by atoms with E-state index in [1.807, 2.05) is 41.1 Å². The second-order valence-corrected chi connectivity index (χ2v) is 21.1. The molecule has 1 fully saturated rings. The van der Waals surface area contributed by atoms with Crippen molar-refractivity contribution in [3.63, 3.8) is 0 Å². The van der Waals surface area contributed by atoms with Gasteiger partial charge in [-0.2, -0.15) is 8.42 Å². The summed E-state index contributed by atoms with van der Waals surface area (Å²) >= 11 is 0. The highest BCUT2D eigenvalue weighted by molar-refractivity contribution is 7.84. The molecule has 0 unspecified atom stereocenters. The van der Waals surface area contributed by atoms with Crippen molar-refractivity contribution in [3.05, 3.63) is 96.0 Å². The summed E-state index contributed by atoms with van der Waals surface area (Å²) in [6.07, 6.45) is 8.42. The number of rotatable bonds is 31. The van der Waals surface area contributed by atoms with Crippen LogP contribution in [0.4, 0.5) is 16.3 Å². The summed E-state index contributed by atoms with van der Waals surface area (Å²) in [7, 11) is -4.19. The molecule has 7 rings (SSSR count). The standard InChI is InChI=1S/C53H70N10O13S/c1-34(2)49(60-46(66)18-22-73-24-26-75-27-25-74-23-21-63-47(67)15-16-48(63)68)45(65)29-37(7-5-19-56-53(54)70)51(69)58-39-12-9-35(10-13-39)31-61-33-57-50(59-43-14-11-36-6-3-4-8-41(36)43)42-17-20-62(52(42)61)40-28-38(44(64)30-40)32-76-77(55,71)72/h3-4,6,8-10,12-13,15-17,20,33-34,37-38,40,43-44,49,64H,5,7,11,14,18-19,21-32H2,1-2H3,(H7,54,55,56,58,60,66,69,70,71,72)/p+1/t37-,38-,40+,43-,44-,49+/m1/s1. The minimum absolute atomic E-state index is 0.0154. The molecule has 23 nitrogen and oxygen atoms in total. The van der Waals surface area contributed by atoms with E-state index in [0.717, 1.165) is 34.3 Å². The van der Waals surface area contributed by atoms with Crippen molar-refractivity contribution in [1.29, 1.82) is 0 Å². The lowest BCUT2D eigenvalue weighted by Crippen LogP contribution is -2.45. The SMILES string of the molecule is CC(C)[C@H](NC(=O)CCOCCOCCOCCN1C(=O)C=CC1=O)C(=O)C[C@@H](CCCNC(N)=O)C(=O)Nc1ccc(C[n+]2cnc(N[C@@H]3CCc4ccccc43)c3ccn([C@H]4C[C@H](COS(N)(=O)=O)[C@H](O)C4)c32)cc1. The summed E-state index contributed by atoms with van der Waals surface area (Å²) in [5, 5.41) is 29.0. The zero-order valence-corrected chi connectivity index (χ0v) is 44.3. The van der Waals surface area contributed by atoms with Crippen molar-refractivity contribution in [3.8, 4) is 0 Å². The molecule has 2 aromatic carbocycles. The molecule has 3 aliphatic rings. The second-order valence-electron chi connectivity index (χ2n) is 19.9. The van der Waals surface area contributed by atoms with E-state index in [-0.39, 0.29) is 114 Å². The lowest BCUT2D eigenvalue weighted by molar-refractivity contribution is -0.668. The Bertz CT molecular complexity index is 2840. The van der Waals surface area contributed by atoms with E-state index in [0.29, 0.717) is 37.3 Å². The number of hydrogen-bond donors (Lipinski definition) is 7. The first-order valence-corrected chi connectivity index (χ1v) is 27.5. The van der Waals surface area contributed by atoms with Crippen LogP contribution >= 0.6 is 0 Å². The maximum atomic E-state index is 14.0. The molecule has 2 aromatic heterocycles. The Morgan fingerprint density at radius 1 is 0.922 bits per heavy atom. The fourth-order valence-corrected chi connectivity index (χ4v) is 10.4. The number of carbonyl (C=O) groups is 6. The molecule has 2 aliphatic carbocycles. The van der Waals surface area contributed by atoms with Crippen molar-refractivity contribution in [2.75, 3.05) is 70.0 Å². The summed E-state index contributed by atoms with van der Waals surface area (Å²) in [5.74, 6) is -2.73. The van der Waals surface area contributed by atoms with Gasteiger partial charge in [-0.05, 0) is 72.9 Å². The maximum absolute atomic E-state index is 14.0. The summed E-state index contributed by atoms with van der Waals surface area (Å²) in [6.45, 7) is 5.34. The third kappa shape index (κ3) is 16.7. The molecule has 416 valence electrons. The molecule has 9 N–H and O–H groups in total. The lowest BCUT2D eigenvalue weighted by Gasteiger charge is -2.24. The number of nitrogens with two attached hydrogens (primary N) is 2. The number of nitrogens with one attached hydrogen (secondary N) is 4. The van der Waals surface area contributed by atoms with Gasteiger partial charge in [0.2, 0.25) is 29.6 Å². The Labute approximate surface area is 447 Å². The van der Waals surface area contributed by atoms with Gasteiger partial charge in [-0.3, -0.25) is 37.6 Å². The molecule has 1 saturated carbocycles. The number of hydrogen-bond acceptors (Lipinski definition) is 15. The maximum Gasteiger partial charge on any atom is 0.333 e. The summed E-state index contributed by atoms with van der Waals surface area (Å²) in [6, 6.07) is 15.9. The van der Waals surface area contributed by atoms with Gasteiger partial charge >= 0.3 is 16.3 Å². The molecule has 6 amide bonds. The summed E-state index contributed by atoms with van der Waals surface area (Å²) < 4.78 is 48.7. The highest BCUT2D eigenvalue weighted by Gasteiger charge is 2.39. The number of ketones is 1. The summed E-state index contributed by atoms with van der Waals surface area (Å²) in [4.78, 5) is 81.5. The van der Waals surface area contributed by atoms with E-state index in [1.54, 1.807) is 32.3 Å². The third-order valence-electron chi connectivity index (χ3n) is 14.0. The molecule has 24 heteroatoms. The van der Waals surface area contributed by atoms with Crippen LogP contribution in [0.25, 0.3) is 11.0 Å². The number of Topliss-reactive ketones (excluding diaryl/α,β-unsaturated/α-hetero) is 1. The van der Waals surface area contributed by atoms with Crippen molar-refractivity contribution < 1.29 is 65.3 Å². The Balaban J connectivity index is 0.945. The first-order chi connectivity index (χ1) is 36.9. The monoisotopic (exact) mass is 1090 g/mol. The fourth-order valence-electron chi connectivity index (χ4n) is 10.0. The molecule has 0 spiro atoms. The van der Waals surface area contributed by atoms with Crippen LogP contribution in [0.1, 0.15) is 87.6 Å². The Morgan fingerprint density at radius 3 is 2.32 bits per heavy atom. The zero-order valence-electron chi connectivity index (χ0n) is 43.5. The predicted octanol–water partition coefficient (Wildman–Crippen LogP) is 2.47. The number of fused-ring (bicyclic) bond motifs is 2. The molecular weight excluding hydrogens is 1020 g/mol. The highest BCUT2D eigenvalue weighted by atomic mass is 32.2. The van der Waals surface area contributed by atoms with Crippen LogP contribution in [0, 0.1) is 17.8 Å². The van der Waals surface area contributed by atoms with Gasteiger partial charge in [-0.15, -0.1) is 0 Å². The number of amides is 6. The molecule has 0 saturated heterocycles. The summed E-state index contributed by atoms with van der Waals surface area (Å²) in [5.41, 5.74) is 10.0. The number of urea groups is 1. The fraction of sp³-hybridized carbons (Fsp3) is 0.509. The molecule has 0 radical (unpaired) electrons. The molecule has 77 heavy (non-hydrogen) atoms. The van der Waals surface area contributed by atoms with E-state index >= 15 is 0 Å².